The van der Waals surface area contributed by atoms with E-state index < -0.39 is 4.84 Å². The molecule has 0 N–H and O–H groups in total. The van der Waals surface area contributed by atoms with Crippen molar-refractivity contribution >= 4 is 35.0 Å². The highest BCUT2D eigenvalue weighted by atomic mass is 35.5. The van der Waals surface area contributed by atoms with Gasteiger partial charge in [0, 0.05) is 32.6 Å². The third-order valence-corrected chi connectivity index (χ3v) is 5.00. The molecule has 0 radical (unpaired) electrons. The van der Waals surface area contributed by atoms with Crippen molar-refractivity contribution < 1.29 is 9.59 Å². The molecule has 0 aromatic carbocycles. The van der Waals surface area contributed by atoms with E-state index >= 15 is 0 Å². The summed E-state index contributed by atoms with van der Waals surface area (Å²) in [6.45, 7) is 2.25. The van der Waals surface area contributed by atoms with Gasteiger partial charge in [-0.3, -0.25) is 9.59 Å². The first-order valence-corrected chi connectivity index (χ1v) is 8.80. The predicted octanol–water partition coefficient (Wildman–Crippen LogP) is 2.82. The van der Waals surface area contributed by atoms with E-state index in [0.717, 1.165) is 12.3 Å². The molecule has 2 fully saturated rings. The molecule has 2 amide bonds. The van der Waals surface area contributed by atoms with E-state index in [1.54, 1.807) is 4.90 Å². The zero-order chi connectivity index (χ0) is 15.2. The van der Waals surface area contributed by atoms with Crippen LogP contribution in [-0.4, -0.2) is 52.6 Å². The maximum absolute atomic E-state index is 12.2. The van der Waals surface area contributed by atoms with Gasteiger partial charge in [0.2, 0.25) is 5.91 Å². The molecule has 2 rings (SSSR count). The summed E-state index contributed by atoms with van der Waals surface area (Å²) in [5.74, 6) is 0.701. The van der Waals surface area contributed by atoms with Gasteiger partial charge in [0.25, 0.3) is 5.91 Å². The lowest BCUT2D eigenvalue weighted by molar-refractivity contribution is -0.138. The fourth-order valence-corrected chi connectivity index (χ4v) is 3.55. The summed E-state index contributed by atoms with van der Waals surface area (Å²) in [5.41, 5.74) is 0. The number of rotatable bonds is 4. The highest BCUT2D eigenvalue weighted by Crippen LogP contribution is 2.27. The monoisotopic (exact) mass is 334 g/mol. The van der Waals surface area contributed by atoms with Crippen LogP contribution in [0.2, 0.25) is 0 Å². The molecule has 0 unspecified atom stereocenters. The number of piperazine rings is 1. The summed E-state index contributed by atoms with van der Waals surface area (Å²) in [5, 5.41) is 0. The number of halogens is 2. The molecular weight excluding hydrogens is 311 g/mol. The fourth-order valence-electron chi connectivity index (χ4n) is 3.28. The zero-order valence-electron chi connectivity index (χ0n) is 12.4. The Hall–Kier alpha value is -0.480. The number of amides is 2. The van der Waals surface area contributed by atoms with Crippen LogP contribution in [0.1, 0.15) is 44.9 Å². The van der Waals surface area contributed by atoms with E-state index in [4.69, 9.17) is 23.2 Å². The molecule has 1 saturated carbocycles. The Morgan fingerprint density at radius 2 is 1.52 bits per heavy atom. The number of carbonyl (C=O) groups excluding carboxylic acids is 2. The van der Waals surface area contributed by atoms with Gasteiger partial charge in [-0.15, -0.1) is 0 Å². The Morgan fingerprint density at radius 3 is 2.10 bits per heavy atom. The lowest BCUT2D eigenvalue weighted by Gasteiger charge is -2.35. The Balaban J connectivity index is 1.69. The Morgan fingerprint density at radius 1 is 0.952 bits per heavy atom. The normalized spacial score (nSPS) is 20.9. The molecule has 0 aromatic heterocycles. The first-order chi connectivity index (χ1) is 10.1. The van der Waals surface area contributed by atoms with Gasteiger partial charge in [-0.25, -0.2) is 0 Å². The van der Waals surface area contributed by atoms with Gasteiger partial charge in [0.1, 0.15) is 0 Å². The number of hydrogen-bond acceptors (Lipinski definition) is 2. The van der Waals surface area contributed by atoms with Gasteiger partial charge in [-0.2, -0.15) is 0 Å². The van der Waals surface area contributed by atoms with Crippen LogP contribution in [0, 0.1) is 5.92 Å². The largest absolute Gasteiger partial charge is 0.339 e. The second-order valence-corrected chi connectivity index (χ2v) is 7.15. The standard InChI is InChI=1S/C15H24Cl2N2O2/c16-14(17)15(21)19-10-8-18(9-11-19)13(20)7-6-12-4-2-1-3-5-12/h12,14H,1-11H2. The molecule has 1 heterocycles. The smallest absolute Gasteiger partial charge is 0.255 e. The topological polar surface area (TPSA) is 40.6 Å². The maximum Gasteiger partial charge on any atom is 0.255 e. The van der Waals surface area contributed by atoms with E-state index in [1.807, 2.05) is 4.90 Å². The molecule has 6 heteroatoms. The average Bonchev–Trinajstić information content (AvgIpc) is 2.53. The molecule has 21 heavy (non-hydrogen) atoms. The number of nitrogens with zero attached hydrogens (tertiary/aromatic N) is 2. The molecule has 4 nitrogen and oxygen atoms in total. The summed E-state index contributed by atoms with van der Waals surface area (Å²) in [4.78, 5) is 26.4. The average molecular weight is 335 g/mol. The third-order valence-electron chi connectivity index (χ3n) is 4.62. The minimum atomic E-state index is -1.00. The SMILES string of the molecule is O=C(CCC1CCCCC1)N1CCN(C(=O)C(Cl)Cl)CC1. The van der Waals surface area contributed by atoms with Crippen LogP contribution in [0.3, 0.4) is 0 Å². The van der Waals surface area contributed by atoms with Gasteiger partial charge in [0.05, 0.1) is 0 Å². The van der Waals surface area contributed by atoms with E-state index in [-0.39, 0.29) is 11.8 Å². The van der Waals surface area contributed by atoms with Crippen molar-refractivity contribution in [2.75, 3.05) is 26.2 Å². The summed E-state index contributed by atoms with van der Waals surface area (Å²) in [7, 11) is 0. The van der Waals surface area contributed by atoms with Gasteiger partial charge in [0.15, 0.2) is 4.84 Å². The molecule has 0 bridgehead atoms. The molecule has 1 saturated heterocycles. The molecule has 1 aliphatic heterocycles. The van der Waals surface area contributed by atoms with Crippen molar-refractivity contribution in [3.8, 4) is 0 Å². The van der Waals surface area contributed by atoms with E-state index in [9.17, 15) is 9.59 Å². The Bertz CT molecular complexity index is 363. The van der Waals surface area contributed by atoms with Crippen molar-refractivity contribution in [1.29, 1.82) is 0 Å². The number of alkyl halides is 2. The van der Waals surface area contributed by atoms with Crippen molar-refractivity contribution in [3.63, 3.8) is 0 Å². The van der Waals surface area contributed by atoms with E-state index in [1.165, 1.54) is 32.1 Å². The lowest BCUT2D eigenvalue weighted by Crippen LogP contribution is -2.51. The molecule has 1 aliphatic carbocycles. The van der Waals surface area contributed by atoms with Crippen LogP contribution < -0.4 is 0 Å². The van der Waals surface area contributed by atoms with Crippen molar-refractivity contribution in [2.24, 2.45) is 5.92 Å². The van der Waals surface area contributed by atoms with Crippen LogP contribution in [0.4, 0.5) is 0 Å². The fraction of sp³-hybridized carbons (Fsp3) is 0.867. The second kappa shape index (κ2) is 8.23. The first-order valence-electron chi connectivity index (χ1n) is 7.92. The van der Waals surface area contributed by atoms with Crippen LogP contribution in [-0.2, 0) is 9.59 Å². The highest BCUT2D eigenvalue weighted by Gasteiger charge is 2.27. The minimum absolute atomic E-state index is 0.223. The molecule has 2 aliphatic rings. The molecule has 0 aromatic rings. The van der Waals surface area contributed by atoms with Gasteiger partial charge >= 0.3 is 0 Å². The first kappa shape index (κ1) is 16.9. The minimum Gasteiger partial charge on any atom is -0.339 e. The molecular formula is C15H24Cl2N2O2. The van der Waals surface area contributed by atoms with Crippen LogP contribution in [0.5, 0.6) is 0 Å². The van der Waals surface area contributed by atoms with E-state index in [0.29, 0.717) is 32.6 Å². The quantitative estimate of drug-likeness (QED) is 0.741. The second-order valence-electron chi connectivity index (χ2n) is 6.05. The van der Waals surface area contributed by atoms with Crippen LogP contribution >= 0.6 is 23.2 Å². The maximum atomic E-state index is 12.2. The summed E-state index contributed by atoms with van der Waals surface area (Å²) in [6, 6.07) is 0. The summed E-state index contributed by atoms with van der Waals surface area (Å²) in [6.07, 6.45) is 8.21. The van der Waals surface area contributed by atoms with Crippen molar-refractivity contribution in [3.05, 3.63) is 0 Å². The molecule has 0 spiro atoms. The van der Waals surface area contributed by atoms with Gasteiger partial charge < -0.3 is 9.80 Å². The van der Waals surface area contributed by atoms with Gasteiger partial charge in [-0.05, 0) is 12.3 Å². The Labute approximate surface area is 136 Å². The number of carbonyl (C=O) groups is 2. The summed E-state index contributed by atoms with van der Waals surface area (Å²) < 4.78 is 0. The van der Waals surface area contributed by atoms with Crippen LogP contribution in [0.25, 0.3) is 0 Å². The Kier molecular flexibility index (Phi) is 6.62. The summed E-state index contributed by atoms with van der Waals surface area (Å²) >= 11 is 11.2. The van der Waals surface area contributed by atoms with Crippen molar-refractivity contribution in [1.82, 2.24) is 9.80 Å². The van der Waals surface area contributed by atoms with E-state index in [2.05, 4.69) is 0 Å². The number of hydrogen-bond donors (Lipinski definition) is 0. The third kappa shape index (κ3) is 5.03. The highest BCUT2D eigenvalue weighted by molar-refractivity contribution is 6.53. The van der Waals surface area contributed by atoms with Crippen LogP contribution in [0.15, 0.2) is 0 Å². The predicted molar refractivity (Wildman–Crippen MR) is 84.5 cm³/mol. The zero-order valence-corrected chi connectivity index (χ0v) is 13.9. The van der Waals surface area contributed by atoms with Crippen molar-refractivity contribution in [2.45, 2.75) is 49.8 Å². The lowest BCUT2D eigenvalue weighted by atomic mass is 9.86. The molecule has 0 atom stereocenters. The molecule has 120 valence electrons. The van der Waals surface area contributed by atoms with Gasteiger partial charge in [-0.1, -0.05) is 55.3 Å².